The minimum atomic E-state index is -1.17. The number of hydrogen-bond donors (Lipinski definition) is 0. The van der Waals surface area contributed by atoms with Crippen molar-refractivity contribution >= 4 is 24.0 Å². The molecule has 0 bridgehead atoms. The van der Waals surface area contributed by atoms with Crippen LogP contribution in [0.5, 0.6) is 0 Å². The first-order chi connectivity index (χ1) is 8.75. The Morgan fingerprint density at radius 2 is 1.25 bits per heavy atom. The molecule has 0 spiro atoms. The third-order valence-corrected chi connectivity index (χ3v) is 1.21. The summed E-state index contributed by atoms with van der Waals surface area (Å²) in [4.78, 5) is 27.8. The molecule has 0 aromatic heterocycles. The molecule has 0 unspecified atom stereocenters. The molecule has 1 aromatic carbocycles. The maximum absolute atomic E-state index is 9.97. The van der Waals surface area contributed by atoms with Crippen molar-refractivity contribution in [3.63, 3.8) is 0 Å². The van der Waals surface area contributed by atoms with Crippen molar-refractivity contribution in [2.24, 2.45) is 0 Å². The number of rotatable bonds is 2. The molecule has 104 valence electrons. The van der Waals surface area contributed by atoms with Gasteiger partial charge in [0, 0.05) is 11.9 Å². The van der Waals surface area contributed by atoms with Gasteiger partial charge >= 0.3 is 51.4 Å². The van der Waals surface area contributed by atoms with Gasteiger partial charge in [-0.05, 0) is 25.5 Å². The molecule has 0 radical (unpaired) electrons. The molecule has 0 aliphatic heterocycles. The number of carboxylic acids is 3. The molecule has 1 aromatic rings. The van der Waals surface area contributed by atoms with Gasteiger partial charge in [-0.1, -0.05) is 36.4 Å². The molecule has 0 amide bonds. The van der Waals surface area contributed by atoms with E-state index in [1.165, 1.54) is 6.08 Å². The molecule has 6 nitrogen and oxygen atoms in total. The van der Waals surface area contributed by atoms with Crippen molar-refractivity contribution in [1.29, 1.82) is 0 Å². The van der Waals surface area contributed by atoms with Gasteiger partial charge in [0.25, 0.3) is 0 Å². The van der Waals surface area contributed by atoms with Gasteiger partial charge in [-0.25, -0.2) is 0 Å². The molecule has 0 aliphatic carbocycles. The van der Waals surface area contributed by atoms with Crippen LogP contribution < -0.4 is 66.7 Å². The summed E-state index contributed by atoms with van der Waals surface area (Å²) in [6, 6.07) is 9.19. The predicted octanol–water partition coefficient (Wildman–Crippen LogP) is -5.03. The molecule has 1 rings (SSSR count). The maximum atomic E-state index is 9.97. The smallest absolute Gasteiger partial charge is 0.550 e. The minimum Gasteiger partial charge on any atom is -0.550 e. The van der Waals surface area contributed by atoms with Crippen LogP contribution in [0.25, 0.3) is 6.08 Å². The summed E-state index contributed by atoms with van der Waals surface area (Å²) < 4.78 is 0. The van der Waals surface area contributed by atoms with Gasteiger partial charge in [0.2, 0.25) is 0 Å². The van der Waals surface area contributed by atoms with E-state index >= 15 is 0 Å². The summed E-state index contributed by atoms with van der Waals surface area (Å²) in [6.45, 7) is 1.94. The van der Waals surface area contributed by atoms with E-state index in [0.717, 1.165) is 25.5 Å². The fraction of sp³-hybridized carbons (Fsp3) is 0.154. The van der Waals surface area contributed by atoms with Crippen LogP contribution >= 0.6 is 0 Å². The number of carboxylic acid groups (broad SMARTS) is 3. The molecule has 0 N–H and O–H groups in total. The Balaban J connectivity index is -0.000000272. The van der Waals surface area contributed by atoms with E-state index in [1.54, 1.807) is 0 Å². The molecule has 0 atom stereocenters. The number of benzene rings is 1. The topological polar surface area (TPSA) is 120 Å². The van der Waals surface area contributed by atoms with E-state index in [0.29, 0.717) is 0 Å². The van der Waals surface area contributed by atoms with Crippen molar-refractivity contribution in [3.8, 4) is 0 Å². The zero-order chi connectivity index (χ0) is 15.3. The quantitative estimate of drug-likeness (QED) is 0.398. The van der Waals surface area contributed by atoms with Gasteiger partial charge in [-0.3, -0.25) is 0 Å². The second-order valence-corrected chi connectivity index (χ2v) is 3.05. The zero-order valence-corrected chi connectivity index (χ0v) is 14.6. The molecule has 0 fully saturated rings. The average Bonchev–Trinajstić information content (AvgIpc) is 2.26. The standard InChI is InChI=1S/C9H8O2.2C2H4O2.K/c10-9(11)7-6-8-4-2-1-3-5-8;2*1-2(3)4;/h1-7H,(H,10,11);2*1H3,(H,3,4);/q;;;+1/p-3/b7-6+;;;. The first-order valence-electron chi connectivity index (χ1n) is 5.05. The van der Waals surface area contributed by atoms with Gasteiger partial charge in [0.15, 0.2) is 0 Å². The Labute approximate surface area is 159 Å². The molecule has 7 heteroatoms. The first-order valence-corrected chi connectivity index (χ1v) is 5.05. The van der Waals surface area contributed by atoms with Crippen molar-refractivity contribution in [1.82, 2.24) is 0 Å². The van der Waals surface area contributed by atoms with Crippen LogP contribution in [0.3, 0.4) is 0 Å². The van der Waals surface area contributed by atoms with E-state index in [-0.39, 0.29) is 51.4 Å². The summed E-state index contributed by atoms with van der Waals surface area (Å²) in [7, 11) is 0. The van der Waals surface area contributed by atoms with Crippen molar-refractivity contribution in [2.75, 3.05) is 0 Å². The average molecular weight is 304 g/mol. The summed E-state index contributed by atoms with van der Waals surface area (Å²) >= 11 is 0. The van der Waals surface area contributed by atoms with E-state index in [1.807, 2.05) is 30.3 Å². The van der Waals surface area contributed by atoms with Crippen LogP contribution in [0, 0.1) is 0 Å². The van der Waals surface area contributed by atoms with Crippen LogP contribution in [-0.2, 0) is 14.4 Å². The van der Waals surface area contributed by atoms with Crippen LogP contribution in [0.2, 0.25) is 0 Å². The summed E-state index contributed by atoms with van der Waals surface area (Å²) in [5, 5.41) is 27.8. The van der Waals surface area contributed by atoms with Gasteiger partial charge in [0.1, 0.15) is 0 Å². The second kappa shape index (κ2) is 16.1. The fourth-order valence-corrected chi connectivity index (χ4v) is 0.728. The number of hydrogen-bond acceptors (Lipinski definition) is 6. The van der Waals surface area contributed by atoms with Gasteiger partial charge < -0.3 is 29.7 Å². The third-order valence-electron chi connectivity index (χ3n) is 1.21. The molecule has 20 heavy (non-hydrogen) atoms. The molecule has 0 heterocycles. The van der Waals surface area contributed by atoms with E-state index in [9.17, 15) is 9.90 Å². The number of carbonyl (C=O) groups is 3. The van der Waals surface area contributed by atoms with E-state index in [2.05, 4.69) is 0 Å². The molecular formula is C13H13KO6-2. The van der Waals surface area contributed by atoms with Crippen LogP contribution in [0.4, 0.5) is 0 Å². The van der Waals surface area contributed by atoms with Gasteiger partial charge in [0.05, 0.1) is 5.97 Å². The zero-order valence-electron chi connectivity index (χ0n) is 11.5. The van der Waals surface area contributed by atoms with Crippen LogP contribution in [0.1, 0.15) is 19.4 Å². The summed E-state index contributed by atoms with van der Waals surface area (Å²) in [6.07, 6.45) is 2.50. The van der Waals surface area contributed by atoms with Crippen molar-refractivity contribution in [3.05, 3.63) is 42.0 Å². The Morgan fingerprint density at radius 1 is 0.900 bits per heavy atom. The third kappa shape index (κ3) is 30.2. The summed E-state index contributed by atoms with van der Waals surface area (Å²) in [5.74, 6) is -3.34. The van der Waals surface area contributed by atoms with Crippen molar-refractivity contribution in [2.45, 2.75) is 13.8 Å². The van der Waals surface area contributed by atoms with E-state index < -0.39 is 17.9 Å². The van der Waals surface area contributed by atoms with Gasteiger partial charge in [-0.15, -0.1) is 0 Å². The number of carbonyl (C=O) groups excluding carboxylic acids is 3. The largest absolute Gasteiger partial charge is 1.00 e. The predicted molar refractivity (Wildman–Crippen MR) is 61.8 cm³/mol. The Bertz CT molecular complexity index is 408. The maximum Gasteiger partial charge on any atom is 1.00 e. The van der Waals surface area contributed by atoms with E-state index in [4.69, 9.17) is 19.8 Å². The van der Waals surface area contributed by atoms with Crippen LogP contribution in [-0.4, -0.2) is 17.9 Å². The van der Waals surface area contributed by atoms with Crippen LogP contribution in [0.15, 0.2) is 36.4 Å². The minimum absolute atomic E-state index is 0. The van der Waals surface area contributed by atoms with Crippen molar-refractivity contribution < 1.29 is 81.1 Å². The first kappa shape index (κ1) is 24.1. The molecule has 0 saturated heterocycles. The molecular weight excluding hydrogens is 291 g/mol. The van der Waals surface area contributed by atoms with Gasteiger partial charge in [-0.2, -0.15) is 0 Å². The second-order valence-electron chi connectivity index (χ2n) is 3.05. The summed E-state index contributed by atoms with van der Waals surface area (Å²) in [5.41, 5.74) is 0.858. The Morgan fingerprint density at radius 3 is 1.55 bits per heavy atom. The monoisotopic (exact) mass is 304 g/mol. The fourth-order valence-electron chi connectivity index (χ4n) is 0.728. The number of aliphatic carboxylic acids is 3. The SMILES string of the molecule is CC(=O)[O-].CC(=O)[O-].O=C([O-])/C=C/c1ccccc1.[K+]. The molecule has 0 saturated carbocycles. The Hall–Kier alpha value is -0.994. The Kier molecular flexibility index (Phi) is 19.3. The normalized spacial score (nSPS) is 8.10. The molecule has 0 aliphatic rings.